The van der Waals surface area contributed by atoms with Crippen molar-refractivity contribution in [1.82, 2.24) is 5.32 Å². The van der Waals surface area contributed by atoms with Gasteiger partial charge in [-0.15, -0.1) is 13.2 Å². The molecule has 0 unspecified atom stereocenters. The number of anilines is 1. The Bertz CT molecular complexity index is 835. The predicted molar refractivity (Wildman–Crippen MR) is 99.1 cm³/mol. The van der Waals surface area contributed by atoms with Crippen molar-refractivity contribution in [3.05, 3.63) is 59.7 Å². The van der Waals surface area contributed by atoms with Gasteiger partial charge in [-0.05, 0) is 44.0 Å². The normalized spacial score (nSPS) is 11.2. The van der Waals surface area contributed by atoms with Crippen LogP contribution in [0.3, 0.4) is 0 Å². The van der Waals surface area contributed by atoms with Crippen molar-refractivity contribution in [3.63, 3.8) is 0 Å². The Hall–Kier alpha value is -3.03. The standard InChI is InChI=1S/C20H21F3N2O3/c1-13(2)24-19(27)15-8-4-5-9-16(15)25-18(26)12-11-14-7-3-6-10-17(14)28-20(21,22)23/h3-10,13H,11-12H2,1-2H3,(H,24,27)(H,25,26). The van der Waals surface area contributed by atoms with Crippen molar-refractivity contribution >= 4 is 17.5 Å². The number of alkyl halides is 3. The number of aryl methyl sites for hydroxylation is 1. The van der Waals surface area contributed by atoms with Crippen LogP contribution in [-0.2, 0) is 11.2 Å². The minimum Gasteiger partial charge on any atom is -0.406 e. The highest BCUT2D eigenvalue weighted by Gasteiger charge is 2.32. The lowest BCUT2D eigenvalue weighted by Gasteiger charge is -2.14. The third-order valence-corrected chi connectivity index (χ3v) is 3.69. The summed E-state index contributed by atoms with van der Waals surface area (Å²) in [5.41, 5.74) is 0.914. The maximum atomic E-state index is 12.5. The van der Waals surface area contributed by atoms with E-state index in [-0.39, 0.29) is 36.1 Å². The van der Waals surface area contributed by atoms with Crippen LogP contribution in [0.2, 0.25) is 0 Å². The second-order valence-corrected chi connectivity index (χ2v) is 6.38. The molecule has 0 saturated carbocycles. The molecular formula is C20H21F3N2O3. The summed E-state index contributed by atoms with van der Waals surface area (Å²) in [6.45, 7) is 3.64. The van der Waals surface area contributed by atoms with E-state index in [1.165, 1.54) is 18.2 Å². The first kappa shape index (κ1) is 21.3. The van der Waals surface area contributed by atoms with Crippen molar-refractivity contribution in [2.45, 2.75) is 39.1 Å². The van der Waals surface area contributed by atoms with Gasteiger partial charge in [0.15, 0.2) is 0 Å². The molecule has 150 valence electrons. The van der Waals surface area contributed by atoms with Crippen LogP contribution in [0.5, 0.6) is 5.75 Å². The van der Waals surface area contributed by atoms with Gasteiger partial charge >= 0.3 is 6.36 Å². The number of carbonyl (C=O) groups is 2. The molecule has 0 radical (unpaired) electrons. The van der Waals surface area contributed by atoms with Gasteiger partial charge in [0.2, 0.25) is 5.91 Å². The van der Waals surface area contributed by atoms with E-state index < -0.39 is 12.3 Å². The number of ether oxygens (including phenoxy) is 1. The zero-order chi connectivity index (χ0) is 20.7. The molecule has 5 nitrogen and oxygen atoms in total. The fourth-order valence-corrected chi connectivity index (χ4v) is 2.53. The molecule has 2 aromatic rings. The fourth-order valence-electron chi connectivity index (χ4n) is 2.53. The van der Waals surface area contributed by atoms with E-state index in [1.807, 2.05) is 13.8 Å². The Morgan fingerprint density at radius 1 is 1.04 bits per heavy atom. The Morgan fingerprint density at radius 2 is 1.68 bits per heavy atom. The fraction of sp³-hybridized carbons (Fsp3) is 0.300. The molecule has 2 amide bonds. The van der Waals surface area contributed by atoms with Crippen LogP contribution in [0, 0.1) is 0 Å². The summed E-state index contributed by atoms with van der Waals surface area (Å²) < 4.78 is 41.4. The average molecular weight is 394 g/mol. The number of para-hydroxylation sites is 2. The first-order valence-corrected chi connectivity index (χ1v) is 8.69. The summed E-state index contributed by atoms with van der Waals surface area (Å²) in [7, 11) is 0. The number of nitrogens with one attached hydrogen (secondary N) is 2. The van der Waals surface area contributed by atoms with Crippen LogP contribution in [-0.4, -0.2) is 24.2 Å². The number of hydrogen-bond acceptors (Lipinski definition) is 3. The molecule has 0 fully saturated rings. The van der Waals surface area contributed by atoms with E-state index in [2.05, 4.69) is 15.4 Å². The first-order chi connectivity index (χ1) is 13.2. The average Bonchev–Trinajstić information content (AvgIpc) is 2.59. The summed E-state index contributed by atoms with van der Waals surface area (Å²) >= 11 is 0. The second kappa shape index (κ2) is 9.25. The zero-order valence-electron chi connectivity index (χ0n) is 15.5. The lowest BCUT2D eigenvalue weighted by Crippen LogP contribution is -2.31. The Labute approximate surface area is 160 Å². The summed E-state index contributed by atoms with van der Waals surface area (Å²) in [6, 6.07) is 12.1. The summed E-state index contributed by atoms with van der Waals surface area (Å²) in [6.07, 6.45) is -4.82. The van der Waals surface area contributed by atoms with Gasteiger partial charge in [-0.1, -0.05) is 30.3 Å². The van der Waals surface area contributed by atoms with Crippen LogP contribution in [0.1, 0.15) is 36.2 Å². The van der Waals surface area contributed by atoms with Crippen molar-refractivity contribution in [2.75, 3.05) is 5.32 Å². The van der Waals surface area contributed by atoms with Crippen LogP contribution < -0.4 is 15.4 Å². The second-order valence-electron chi connectivity index (χ2n) is 6.38. The van der Waals surface area contributed by atoms with E-state index in [9.17, 15) is 22.8 Å². The highest BCUT2D eigenvalue weighted by atomic mass is 19.4. The summed E-state index contributed by atoms with van der Waals surface area (Å²) in [5.74, 6) is -1.08. The number of amides is 2. The number of rotatable bonds is 7. The quantitative estimate of drug-likeness (QED) is 0.736. The van der Waals surface area contributed by atoms with E-state index in [0.29, 0.717) is 11.3 Å². The Balaban J connectivity index is 2.04. The van der Waals surface area contributed by atoms with E-state index in [1.54, 1.807) is 30.3 Å². The summed E-state index contributed by atoms with van der Waals surface area (Å²) in [4.78, 5) is 24.5. The van der Waals surface area contributed by atoms with Crippen LogP contribution >= 0.6 is 0 Å². The van der Waals surface area contributed by atoms with E-state index >= 15 is 0 Å². The van der Waals surface area contributed by atoms with Crippen molar-refractivity contribution in [1.29, 1.82) is 0 Å². The number of benzene rings is 2. The molecule has 0 saturated heterocycles. The molecule has 0 bridgehead atoms. The molecule has 0 heterocycles. The largest absolute Gasteiger partial charge is 0.573 e. The molecule has 2 rings (SSSR count). The van der Waals surface area contributed by atoms with Gasteiger partial charge in [-0.2, -0.15) is 0 Å². The molecule has 0 atom stereocenters. The number of carbonyl (C=O) groups excluding carboxylic acids is 2. The van der Waals surface area contributed by atoms with Crippen molar-refractivity contribution in [2.24, 2.45) is 0 Å². The lowest BCUT2D eigenvalue weighted by atomic mass is 10.1. The van der Waals surface area contributed by atoms with E-state index in [4.69, 9.17) is 0 Å². The zero-order valence-corrected chi connectivity index (χ0v) is 15.5. The highest BCUT2D eigenvalue weighted by Crippen LogP contribution is 2.27. The van der Waals surface area contributed by atoms with Crippen molar-refractivity contribution < 1.29 is 27.5 Å². The lowest BCUT2D eigenvalue weighted by molar-refractivity contribution is -0.274. The Morgan fingerprint density at radius 3 is 2.36 bits per heavy atom. The maximum absolute atomic E-state index is 12.5. The molecule has 28 heavy (non-hydrogen) atoms. The first-order valence-electron chi connectivity index (χ1n) is 8.69. The monoisotopic (exact) mass is 394 g/mol. The smallest absolute Gasteiger partial charge is 0.406 e. The predicted octanol–water partition coefficient (Wildman–Crippen LogP) is 4.29. The molecular weight excluding hydrogens is 373 g/mol. The molecule has 2 N–H and O–H groups in total. The topological polar surface area (TPSA) is 67.4 Å². The molecule has 0 aromatic heterocycles. The van der Waals surface area contributed by atoms with Gasteiger partial charge in [0.05, 0.1) is 11.3 Å². The van der Waals surface area contributed by atoms with Crippen molar-refractivity contribution in [3.8, 4) is 5.75 Å². The van der Waals surface area contributed by atoms with Gasteiger partial charge in [-0.3, -0.25) is 9.59 Å². The highest BCUT2D eigenvalue weighted by molar-refractivity contribution is 6.03. The van der Waals surface area contributed by atoms with Gasteiger partial charge in [0.25, 0.3) is 5.91 Å². The van der Waals surface area contributed by atoms with Crippen LogP contribution in [0.15, 0.2) is 48.5 Å². The van der Waals surface area contributed by atoms with Gasteiger partial charge in [-0.25, -0.2) is 0 Å². The minimum atomic E-state index is -4.80. The number of hydrogen-bond donors (Lipinski definition) is 2. The SMILES string of the molecule is CC(C)NC(=O)c1ccccc1NC(=O)CCc1ccccc1OC(F)(F)F. The minimum absolute atomic E-state index is 0.0540. The van der Waals surface area contributed by atoms with Gasteiger partial charge < -0.3 is 15.4 Å². The Kier molecular flexibility index (Phi) is 7.03. The third kappa shape index (κ3) is 6.61. The number of halogens is 3. The molecule has 0 aliphatic carbocycles. The maximum Gasteiger partial charge on any atom is 0.573 e. The molecule has 0 aliphatic rings. The van der Waals surface area contributed by atoms with Crippen LogP contribution in [0.25, 0.3) is 0 Å². The van der Waals surface area contributed by atoms with Gasteiger partial charge in [0.1, 0.15) is 5.75 Å². The summed E-state index contributed by atoms with van der Waals surface area (Å²) in [5, 5.41) is 5.39. The molecule has 0 aliphatic heterocycles. The van der Waals surface area contributed by atoms with E-state index in [0.717, 1.165) is 0 Å². The third-order valence-electron chi connectivity index (χ3n) is 3.69. The molecule has 2 aromatic carbocycles. The van der Waals surface area contributed by atoms with Crippen LogP contribution in [0.4, 0.5) is 18.9 Å². The molecule has 0 spiro atoms. The van der Waals surface area contributed by atoms with Gasteiger partial charge in [0, 0.05) is 12.5 Å². The molecule has 8 heteroatoms.